The first kappa shape index (κ1) is 18.7. The second kappa shape index (κ2) is 7.05. The van der Waals surface area contributed by atoms with E-state index in [0.717, 1.165) is 6.42 Å². The Balaban J connectivity index is 1.63. The van der Waals surface area contributed by atoms with E-state index >= 15 is 0 Å². The second-order valence-corrected chi connectivity index (χ2v) is 7.93. The van der Waals surface area contributed by atoms with Gasteiger partial charge in [0.1, 0.15) is 11.3 Å². The van der Waals surface area contributed by atoms with Crippen molar-refractivity contribution in [2.24, 2.45) is 5.92 Å². The molecule has 0 aliphatic carbocycles. The molecule has 1 aromatic heterocycles. The van der Waals surface area contributed by atoms with Crippen molar-refractivity contribution >= 4 is 11.8 Å². The maximum atomic E-state index is 13.2. The molecular formula is C21H26N4O3. The number of fused-ring (bicyclic) bond motifs is 1. The number of rotatable bonds is 3. The molecule has 2 aliphatic heterocycles. The number of carbonyl (C=O) groups excluding carboxylic acids is 2. The van der Waals surface area contributed by atoms with Gasteiger partial charge in [0.2, 0.25) is 5.91 Å². The van der Waals surface area contributed by atoms with Crippen molar-refractivity contribution < 1.29 is 14.1 Å². The zero-order chi connectivity index (χ0) is 19.9. The number of hydrogen-bond donors (Lipinski definition) is 2. The smallest absolute Gasteiger partial charge is 0.259 e. The first-order valence-corrected chi connectivity index (χ1v) is 9.70. The SMILES string of the molecule is CC(=O)N[C@]12CN[C@H](c3ccccc3)[C@H]1CCN(C(=O)c1c(C)noc1C)C2. The number of nitrogens with zero attached hydrogens (tertiary/aromatic N) is 2. The van der Waals surface area contributed by atoms with Crippen molar-refractivity contribution in [2.75, 3.05) is 19.6 Å². The van der Waals surface area contributed by atoms with Gasteiger partial charge in [0.15, 0.2) is 0 Å². The van der Waals surface area contributed by atoms with Gasteiger partial charge in [-0.25, -0.2) is 0 Å². The van der Waals surface area contributed by atoms with Crippen LogP contribution in [0.1, 0.15) is 46.8 Å². The lowest BCUT2D eigenvalue weighted by Gasteiger charge is -2.45. The molecule has 2 N–H and O–H groups in total. The largest absolute Gasteiger partial charge is 0.361 e. The molecule has 0 bridgehead atoms. The van der Waals surface area contributed by atoms with Gasteiger partial charge in [-0.05, 0) is 25.8 Å². The standard InChI is InChI=1S/C21H26N4O3/c1-13-18(14(2)28-24-13)20(27)25-10-9-17-19(16-7-5-4-6-8-16)22-11-21(17,12-25)23-15(3)26/h4-8,17,19,22H,9-12H2,1-3H3,(H,23,26)/t17-,19-,21+/m1/s1. The summed E-state index contributed by atoms with van der Waals surface area (Å²) in [6.07, 6.45) is 0.807. The number of aryl methyl sites for hydroxylation is 2. The lowest BCUT2D eigenvalue weighted by molar-refractivity contribution is -0.122. The Bertz CT molecular complexity index is 875. The fraction of sp³-hybridized carbons (Fsp3) is 0.476. The molecule has 0 unspecified atom stereocenters. The van der Waals surface area contributed by atoms with E-state index in [9.17, 15) is 9.59 Å². The zero-order valence-electron chi connectivity index (χ0n) is 16.5. The van der Waals surface area contributed by atoms with E-state index in [1.54, 1.807) is 13.8 Å². The lowest BCUT2D eigenvalue weighted by Crippen LogP contribution is -2.64. The average molecular weight is 382 g/mol. The van der Waals surface area contributed by atoms with Crippen LogP contribution in [0.3, 0.4) is 0 Å². The topological polar surface area (TPSA) is 87.5 Å². The van der Waals surface area contributed by atoms with Gasteiger partial charge in [0, 0.05) is 38.5 Å². The number of carbonyl (C=O) groups is 2. The molecule has 1 aromatic carbocycles. The van der Waals surface area contributed by atoms with Gasteiger partial charge in [-0.3, -0.25) is 9.59 Å². The normalized spacial score (nSPS) is 26.8. The molecule has 2 saturated heterocycles. The molecule has 0 spiro atoms. The molecule has 3 atom stereocenters. The predicted octanol–water partition coefficient (Wildman–Crippen LogP) is 1.97. The van der Waals surface area contributed by atoms with Gasteiger partial charge >= 0.3 is 0 Å². The fourth-order valence-corrected chi connectivity index (χ4v) is 4.87. The molecule has 2 amide bonds. The molecule has 148 valence electrons. The van der Waals surface area contributed by atoms with Gasteiger partial charge in [0.25, 0.3) is 5.91 Å². The van der Waals surface area contributed by atoms with Crippen molar-refractivity contribution in [2.45, 2.75) is 38.8 Å². The predicted molar refractivity (Wildman–Crippen MR) is 104 cm³/mol. The number of piperidine rings is 1. The summed E-state index contributed by atoms with van der Waals surface area (Å²) in [5, 5.41) is 10.7. The van der Waals surface area contributed by atoms with Crippen molar-refractivity contribution in [3.05, 3.63) is 52.9 Å². The first-order valence-electron chi connectivity index (χ1n) is 9.70. The van der Waals surface area contributed by atoms with Gasteiger partial charge in [0.05, 0.1) is 11.2 Å². The van der Waals surface area contributed by atoms with Gasteiger partial charge in [-0.15, -0.1) is 0 Å². The summed E-state index contributed by atoms with van der Waals surface area (Å²) in [7, 11) is 0. The van der Waals surface area contributed by atoms with Crippen molar-refractivity contribution in [3.63, 3.8) is 0 Å². The number of amides is 2. The minimum Gasteiger partial charge on any atom is -0.361 e. The Morgan fingerprint density at radius 2 is 2.04 bits per heavy atom. The van der Waals surface area contributed by atoms with Crippen molar-refractivity contribution in [1.82, 2.24) is 20.7 Å². The minimum atomic E-state index is -0.487. The molecule has 7 nitrogen and oxygen atoms in total. The second-order valence-electron chi connectivity index (χ2n) is 7.93. The van der Waals surface area contributed by atoms with Crippen molar-refractivity contribution in [3.8, 4) is 0 Å². The minimum absolute atomic E-state index is 0.0767. The van der Waals surface area contributed by atoms with Crippen LogP contribution in [0.25, 0.3) is 0 Å². The van der Waals surface area contributed by atoms with E-state index in [1.807, 2.05) is 23.1 Å². The third-order valence-corrected chi connectivity index (χ3v) is 6.05. The van der Waals surface area contributed by atoms with Crippen LogP contribution < -0.4 is 10.6 Å². The third kappa shape index (κ3) is 3.09. The molecular weight excluding hydrogens is 356 g/mol. The van der Waals surface area contributed by atoms with Crippen LogP contribution in [0.15, 0.2) is 34.9 Å². The lowest BCUT2D eigenvalue weighted by atomic mass is 9.75. The molecule has 2 aromatic rings. The number of benzene rings is 1. The van der Waals surface area contributed by atoms with Crippen molar-refractivity contribution in [1.29, 1.82) is 0 Å². The fourth-order valence-electron chi connectivity index (χ4n) is 4.87. The van der Waals surface area contributed by atoms with E-state index in [4.69, 9.17) is 4.52 Å². The third-order valence-electron chi connectivity index (χ3n) is 6.05. The van der Waals surface area contributed by atoms with E-state index in [-0.39, 0.29) is 23.8 Å². The molecule has 2 fully saturated rings. The average Bonchev–Trinajstić information content (AvgIpc) is 3.20. The highest BCUT2D eigenvalue weighted by Gasteiger charge is 2.53. The Kier molecular flexibility index (Phi) is 4.71. The van der Waals surface area contributed by atoms with E-state index in [2.05, 4.69) is 27.9 Å². The van der Waals surface area contributed by atoms with E-state index in [0.29, 0.717) is 36.7 Å². The van der Waals surface area contributed by atoms with Crippen LogP contribution >= 0.6 is 0 Å². The van der Waals surface area contributed by atoms with E-state index < -0.39 is 5.54 Å². The van der Waals surface area contributed by atoms with Crippen LogP contribution in [0.2, 0.25) is 0 Å². The highest BCUT2D eigenvalue weighted by Crippen LogP contribution is 2.42. The number of likely N-dealkylation sites (tertiary alicyclic amines) is 1. The van der Waals surface area contributed by atoms with Crippen LogP contribution in [0.4, 0.5) is 0 Å². The number of aromatic nitrogens is 1. The van der Waals surface area contributed by atoms with E-state index in [1.165, 1.54) is 12.5 Å². The maximum absolute atomic E-state index is 13.2. The van der Waals surface area contributed by atoms with Gasteiger partial charge in [-0.2, -0.15) is 0 Å². The summed E-state index contributed by atoms with van der Waals surface area (Å²) < 4.78 is 5.18. The monoisotopic (exact) mass is 382 g/mol. The molecule has 7 heteroatoms. The molecule has 0 radical (unpaired) electrons. The summed E-state index contributed by atoms with van der Waals surface area (Å²) >= 11 is 0. The Labute approximate surface area is 164 Å². The van der Waals surface area contributed by atoms with Crippen LogP contribution in [0.5, 0.6) is 0 Å². The maximum Gasteiger partial charge on any atom is 0.259 e. The molecule has 28 heavy (non-hydrogen) atoms. The summed E-state index contributed by atoms with van der Waals surface area (Å²) in [6.45, 7) is 6.81. The Hall–Kier alpha value is -2.67. The number of nitrogens with one attached hydrogen (secondary N) is 2. The summed E-state index contributed by atoms with van der Waals surface area (Å²) in [5.41, 5.74) is 1.86. The highest BCUT2D eigenvalue weighted by atomic mass is 16.5. The zero-order valence-corrected chi connectivity index (χ0v) is 16.5. The van der Waals surface area contributed by atoms with Gasteiger partial charge < -0.3 is 20.1 Å². The molecule has 4 rings (SSSR count). The Morgan fingerprint density at radius 3 is 2.68 bits per heavy atom. The first-order chi connectivity index (χ1) is 13.4. The molecule has 2 aliphatic rings. The molecule has 3 heterocycles. The summed E-state index contributed by atoms with van der Waals surface area (Å²) in [6, 6.07) is 10.5. The van der Waals surface area contributed by atoms with Crippen LogP contribution in [-0.2, 0) is 4.79 Å². The number of hydrogen-bond acceptors (Lipinski definition) is 5. The molecule has 0 saturated carbocycles. The summed E-state index contributed by atoms with van der Waals surface area (Å²) in [5.74, 6) is 0.590. The highest BCUT2D eigenvalue weighted by molar-refractivity contribution is 5.96. The van der Waals surface area contributed by atoms with Gasteiger partial charge in [-0.1, -0.05) is 35.5 Å². The quantitative estimate of drug-likeness (QED) is 0.848. The Morgan fingerprint density at radius 1 is 1.29 bits per heavy atom. The summed E-state index contributed by atoms with van der Waals surface area (Å²) in [4.78, 5) is 27.0. The van der Waals surface area contributed by atoms with Crippen LogP contribution in [-0.4, -0.2) is 47.0 Å². The van der Waals surface area contributed by atoms with Crippen LogP contribution in [0, 0.1) is 19.8 Å².